The van der Waals surface area contributed by atoms with Gasteiger partial charge in [-0.15, -0.1) is 0 Å². The number of aliphatic imine (C=N–C) groups is 1. The first-order chi connectivity index (χ1) is 12.6. The van der Waals surface area contributed by atoms with Gasteiger partial charge < -0.3 is 15.2 Å². The average molecular weight is 361 g/mol. The fourth-order valence-corrected chi connectivity index (χ4v) is 2.38. The van der Waals surface area contributed by atoms with Crippen LogP contribution in [0.5, 0.6) is 0 Å². The van der Waals surface area contributed by atoms with E-state index in [1.807, 2.05) is 26.8 Å². The zero-order valence-electron chi connectivity index (χ0n) is 15.8. The second kappa shape index (κ2) is 10.5. The Bertz CT molecular complexity index is 699. The summed E-state index contributed by atoms with van der Waals surface area (Å²) < 4.78 is 18.9. The quantitative estimate of drug-likeness (QED) is 0.408. The number of rotatable bonds is 9. The summed E-state index contributed by atoms with van der Waals surface area (Å²) in [6.07, 6.45) is 2.14. The zero-order valence-corrected chi connectivity index (χ0v) is 15.8. The number of benzene rings is 1. The molecule has 0 unspecified atom stereocenters. The minimum atomic E-state index is -0.170. The lowest BCUT2D eigenvalue weighted by molar-refractivity contribution is 0.369. The average Bonchev–Trinajstić information content (AvgIpc) is 3.09. The van der Waals surface area contributed by atoms with E-state index < -0.39 is 0 Å². The monoisotopic (exact) mass is 361 g/mol. The predicted molar refractivity (Wildman–Crippen MR) is 101 cm³/mol. The van der Waals surface area contributed by atoms with Crippen molar-refractivity contribution >= 4 is 5.96 Å². The van der Waals surface area contributed by atoms with Crippen molar-refractivity contribution in [2.45, 2.75) is 46.0 Å². The van der Waals surface area contributed by atoms with Crippen molar-refractivity contribution in [3.05, 3.63) is 47.4 Å². The van der Waals surface area contributed by atoms with Crippen molar-refractivity contribution in [3.8, 4) is 0 Å². The van der Waals surface area contributed by atoms with Crippen molar-refractivity contribution in [3.63, 3.8) is 0 Å². The van der Waals surface area contributed by atoms with Crippen LogP contribution < -0.4 is 10.6 Å². The second-order valence-electron chi connectivity index (χ2n) is 6.33. The van der Waals surface area contributed by atoms with Crippen LogP contribution in [0.2, 0.25) is 0 Å². The van der Waals surface area contributed by atoms with E-state index in [0.717, 1.165) is 24.7 Å². The van der Waals surface area contributed by atoms with Gasteiger partial charge >= 0.3 is 0 Å². The smallest absolute Gasteiger partial charge is 0.226 e. The minimum Gasteiger partial charge on any atom is -0.357 e. The fourth-order valence-electron chi connectivity index (χ4n) is 2.38. The van der Waals surface area contributed by atoms with Gasteiger partial charge in [-0.1, -0.05) is 37.2 Å². The summed E-state index contributed by atoms with van der Waals surface area (Å²) in [6, 6.07) is 6.83. The summed E-state index contributed by atoms with van der Waals surface area (Å²) in [5.74, 6) is 2.23. The van der Waals surface area contributed by atoms with Crippen molar-refractivity contribution in [1.82, 2.24) is 20.8 Å². The molecule has 0 aliphatic carbocycles. The minimum absolute atomic E-state index is 0.170. The van der Waals surface area contributed by atoms with Gasteiger partial charge in [0.1, 0.15) is 5.82 Å². The van der Waals surface area contributed by atoms with E-state index in [9.17, 15) is 4.39 Å². The van der Waals surface area contributed by atoms with Crippen molar-refractivity contribution in [2.75, 3.05) is 19.6 Å². The lowest BCUT2D eigenvalue weighted by atomic mass is 10.1. The van der Waals surface area contributed by atoms with E-state index in [2.05, 4.69) is 25.8 Å². The van der Waals surface area contributed by atoms with Crippen molar-refractivity contribution < 1.29 is 8.91 Å². The van der Waals surface area contributed by atoms with Crippen LogP contribution >= 0.6 is 0 Å². The molecule has 142 valence electrons. The van der Waals surface area contributed by atoms with E-state index in [-0.39, 0.29) is 11.7 Å². The van der Waals surface area contributed by atoms with Crippen LogP contribution in [0.15, 0.2) is 33.8 Å². The second-order valence-corrected chi connectivity index (χ2v) is 6.33. The highest BCUT2D eigenvalue weighted by Crippen LogP contribution is 2.10. The highest BCUT2D eigenvalue weighted by Gasteiger charge is 2.09. The van der Waals surface area contributed by atoms with Crippen LogP contribution in [0.3, 0.4) is 0 Å². The lowest BCUT2D eigenvalue weighted by Gasteiger charge is -2.11. The highest BCUT2D eigenvalue weighted by atomic mass is 19.1. The van der Waals surface area contributed by atoms with E-state index in [1.165, 1.54) is 6.07 Å². The molecule has 1 heterocycles. The van der Waals surface area contributed by atoms with Crippen LogP contribution in [0.4, 0.5) is 4.39 Å². The van der Waals surface area contributed by atoms with Crippen LogP contribution in [0.25, 0.3) is 0 Å². The molecule has 0 aliphatic rings. The Kier molecular flexibility index (Phi) is 8.05. The van der Waals surface area contributed by atoms with Crippen LogP contribution in [0.1, 0.15) is 50.4 Å². The Morgan fingerprint density at radius 3 is 2.73 bits per heavy atom. The van der Waals surface area contributed by atoms with Gasteiger partial charge in [-0.05, 0) is 31.4 Å². The first kappa shape index (κ1) is 19.9. The topological polar surface area (TPSA) is 75.3 Å². The van der Waals surface area contributed by atoms with E-state index in [0.29, 0.717) is 37.4 Å². The number of hydrogen-bond acceptors (Lipinski definition) is 4. The maximum Gasteiger partial charge on any atom is 0.226 e. The zero-order chi connectivity index (χ0) is 18.8. The summed E-state index contributed by atoms with van der Waals surface area (Å²) >= 11 is 0. The SMILES string of the molecule is CCNC(=NCCCc1nc(C(C)C)no1)NCCc1ccccc1F. The van der Waals surface area contributed by atoms with Crippen LogP contribution in [-0.2, 0) is 12.8 Å². The Labute approximate surface area is 154 Å². The molecule has 0 radical (unpaired) electrons. The molecule has 0 saturated carbocycles. The summed E-state index contributed by atoms with van der Waals surface area (Å²) in [6.45, 7) is 8.12. The van der Waals surface area contributed by atoms with Gasteiger partial charge in [-0.25, -0.2) is 4.39 Å². The largest absolute Gasteiger partial charge is 0.357 e. The Morgan fingerprint density at radius 2 is 2.04 bits per heavy atom. The normalized spacial score (nSPS) is 11.8. The number of nitrogens with zero attached hydrogens (tertiary/aromatic N) is 3. The van der Waals surface area contributed by atoms with Gasteiger partial charge in [0, 0.05) is 32.0 Å². The molecule has 26 heavy (non-hydrogen) atoms. The van der Waals surface area contributed by atoms with Gasteiger partial charge in [0.05, 0.1) is 0 Å². The summed E-state index contributed by atoms with van der Waals surface area (Å²) in [5.41, 5.74) is 0.702. The van der Waals surface area contributed by atoms with Gasteiger partial charge in [-0.2, -0.15) is 4.98 Å². The van der Waals surface area contributed by atoms with E-state index in [4.69, 9.17) is 4.52 Å². The third-order valence-electron chi connectivity index (χ3n) is 3.81. The molecule has 2 aromatic rings. The molecular formula is C19H28FN5O. The van der Waals surface area contributed by atoms with Crippen LogP contribution in [-0.4, -0.2) is 35.7 Å². The summed E-state index contributed by atoms with van der Waals surface area (Å²) in [4.78, 5) is 8.90. The van der Waals surface area contributed by atoms with Gasteiger partial charge in [0.2, 0.25) is 5.89 Å². The Hall–Kier alpha value is -2.44. The molecule has 0 bridgehead atoms. The number of halogens is 1. The van der Waals surface area contributed by atoms with Crippen molar-refractivity contribution in [1.29, 1.82) is 0 Å². The molecule has 0 fully saturated rings. The molecule has 0 amide bonds. The number of guanidine groups is 1. The van der Waals surface area contributed by atoms with Gasteiger partial charge in [0.15, 0.2) is 11.8 Å². The molecular weight excluding hydrogens is 333 g/mol. The van der Waals surface area contributed by atoms with Crippen LogP contribution in [0, 0.1) is 5.82 Å². The fraction of sp³-hybridized carbons (Fsp3) is 0.526. The molecule has 1 aromatic carbocycles. The standard InChI is InChI=1S/C19H28FN5O/c1-4-21-19(23-13-11-15-8-5-6-9-16(15)20)22-12-7-10-17-24-18(14(2)3)25-26-17/h5-6,8-9,14H,4,7,10-13H2,1-3H3,(H2,21,22,23). The summed E-state index contributed by atoms with van der Waals surface area (Å²) in [7, 11) is 0. The molecule has 2 rings (SSSR count). The molecule has 0 saturated heterocycles. The molecule has 0 spiro atoms. The Morgan fingerprint density at radius 1 is 1.23 bits per heavy atom. The summed E-state index contributed by atoms with van der Waals surface area (Å²) in [5, 5.41) is 10.4. The molecule has 7 heteroatoms. The van der Waals surface area contributed by atoms with E-state index >= 15 is 0 Å². The maximum absolute atomic E-state index is 13.6. The number of aromatic nitrogens is 2. The highest BCUT2D eigenvalue weighted by molar-refractivity contribution is 5.79. The molecule has 0 atom stereocenters. The maximum atomic E-state index is 13.6. The van der Waals surface area contributed by atoms with Gasteiger partial charge in [-0.3, -0.25) is 4.99 Å². The predicted octanol–water partition coefficient (Wildman–Crippen LogP) is 3.06. The van der Waals surface area contributed by atoms with E-state index in [1.54, 1.807) is 12.1 Å². The first-order valence-corrected chi connectivity index (χ1v) is 9.18. The van der Waals surface area contributed by atoms with Gasteiger partial charge in [0.25, 0.3) is 0 Å². The molecule has 1 aromatic heterocycles. The molecule has 0 aliphatic heterocycles. The first-order valence-electron chi connectivity index (χ1n) is 9.18. The number of hydrogen-bond donors (Lipinski definition) is 2. The van der Waals surface area contributed by atoms with Crippen molar-refractivity contribution in [2.24, 2.45) is 4.99 Å². The Balaban J connectivity index is 1.75. The molecule has 2 N–H and O–H groups in total. The third-order valence-corrected chi connectivity index (χ3v) is 3.81. The lowest BCUT2D eigenvalue weighted by Crippen LogP contribution is -2.38. The number of nitrogens with one attached hydrogen (secondary N) is 2. The third kappa shape index (κ3) is 6.46. The number of aryl methyl sites for hydroxylation is 1. The molecule has 6 nitrogen and oxygen atoms in total.